The van der Waals surface area contributed by atoms with Crippen molar-refractivity contribution in [2.75, 3.05) is 17.9 Å². The lowest BCUT2D eigenvalue weighted by atomic mass is 9.87. The molecule has 3 aromatic carbocycles. The van der Waals surface area contributed by atoms with Crippen LogP contribution in [0.25, 0.3) is 11.1 Å². The van der Waals surface area contributed by atoms with Crippen molar-refractivity contribution < 1.29 is 4.74 Å². The molecule has 1 aliphatic rings. The summed E-state index contributed by atoms with van der Waals surface area (Å²) < 4.78 is 5.66. The van der Waals surface area contributed by atoms with E-state index in [9.17, 15) is 0 Å². The van der Waals surface area contributed by atoms with Crippen molar-refractivity contribution >= 4 is 28.4 Å². The van der Waals surface area contributed by atoms with E-state index in [4.69, 9.17) is 16.3 Å². The van der Waals surface area contributed by atoms with Gasteiger partial charge in [-0.15, -0.1) is 11.6 Å². The van der Waals surface area contributed by atoms with E-state index in [2.05, 4.69) is 78.4 Å². The second-order valence-electron chi connectivity index (χ2n) is 6.99. The van der Waals surface area contributed by atoms with Crippen LogP contribution in [0.4, 0.5) is 5.69 Å². The molecule has 4 rings (SSSR count). The molecule has 0 bridgehead atoms. The Morgan fingerprint density at radius 3 is 2.41 bits per heavy atom. The lowest BCUT2D eigenvalue weighted by Gasteiger charge is -2.17. The van der Waals surface area contributed by atoms with E-state index in [-0.39, 0.29) is 0 Å². The number of anilines is 1. The van der Waals surface area contributed by atoms with Gasteiger partial charge in [0.25, 0.3) is 0 Å². The predicted octanol–water partition coefficient (Wildman–Crippen LogP) is 6.10. The number of benzene rings is 3. The first-order valence-electron chi connectivity index (χ1n) is 10.00. The molecule has 3 aromatic rings. The number of ether oxygens (including phenoxy) is 1. The van der Waals surface area contributed by atoms with Gasteiger partial charge in [0.2, 0.25) is 0 Å². The van der Waals surface area contributed by atoms with Crippen LogP contribution in [0.2, 0.25) is 0 Å². The molecule has 1 heterocycles. The monoisotopic (exact) mass is 404 g/mol. The Bertz CT molecular complexity index is 997. The molecule has 29 heavy (non-hydrogen) atoms. The Morgan fingerprint density at radius 1 is 0.931 bits per heavy atom. The fourth-order valence-corrected chi connectivity index (χ4v) is 3.88. The molecule has 0 amide bonds. The van der Waals surface area contributed by atoms with Gasteiger partial charge in [-0.2, -0.15) is 0 Å². The average molecular weight is 405 g/mol. The van der Waals surface area contributed by atoms with Crippen LogP contribution < -0.4 is 15.6 Å². The summed E-state index contributed by atoms with van der Waals surface area (Å²) in [5, 5.41) is 0. The van der Waals surface area contributed by atoms with Gasteiger partial charge in [-0.1, -0.05) is 55.5 Å². The van der Waals surface area contributed by atoms with Gasteiger partial charge < -0.3 is 10.2 Å². The zero-order valence-corrected chi connectivity index (χ0v) is 17.3. The first-order valence-corrected chi connectivity index (χ1v) is 10.5. The highest BCUT2D eigenvalue weighted by atomic mass is 35.5. The number of rotatable bonds is 7. The molecule has 0 unspecified atom stereocenters. The summed E-state index contributed by atoms with van der Waals surface area (Å²) in [4.78, 5) is 0. The molecular formula is C25H25ClN2O. The molecule has 4 heteroatoms. The first-order chi connectivity index (χ1) is 14.3. The molecule has 1 aliphatic heterocycles. The van der Waals surface area contributed by atoms with Crippen molar-refractivity contribution in [1.82, 2.24) is 5.43 Å². The van der Waals surface area contributed by atoms with E-state index in [1.807, 2.05) is 12.1 Å². The average Bonchev–Trinajstić information content (AvgIpc) is 3.25. The van der Waals surface area contributed by atoms with Crippen LogP contribution >= 0.6 is 11.6 Å². The lowest BCUT2D eigenvalue weighted by Crippen LogP contribution is -2.10. The van der Waals surface area contributed by atoms with Crippen LogP contribution in [-0.4, -0.2) is 12.5 Å². The van der Waals surface area contributed by atoms with Crippen molar-refractivity contribution in [3.8, 4) is 5.75 Å². The highest BCUT2D eigenvalue weighted by molar-refractivity contribution is 6.18. The number of hydrogen-bond acceptors (Lipinski definition) is 3. The van der Waals surface area contributed by atoms with Gasteiger partial charge in [-0.05, 0) is 64.1 Å². The normalized spacial score (nSPS) is 13.4. The van der Waals surface area contributed by atoms with Gasteiger partial charge >= 0.3 is 0 Å². The van der Waals surface area contributed by atoms with Gasteiger partial charge in [-0.25, -0.2) is 5.43 Å². The Balaban J connectivity index is 1.84. The molecule has 0 aromatic heterocycles. The van der Waals surface area contributed by atoms with Crippen molar-refractivity contribution in [2.45, 2.75) is 19.9 Å². The van der Waals surface area contributed by atoms with Crippen molar-refractivity contribution in [2.24, 2.45) is 0 Å². The Morgan fingerprint density at radius 2 is 1.69 bits per heavy atom. The van der Waals surface area contributed by atoms with E-state index in [0.29, 0.717) is 12.5 Å². The highest BCUT2D eigenvalue weighted by Crippen LogP contribution is 2.36. The molecule has 148 valence electrons. The summed E-state index contributed by atoms with van der Waals surface area (Å²) in [5.41, 5.74) is 15.1. The van der Waals surface area contributed by atoms with Gasteiger partial charge in [0, 0.05) is 6.54 Å². The standard InChI is InChI=1S/C25H25ClN2O/c1-2-23(18-6-4-3-5-7-18)25(19-8-11-22(12-9-19)29-15-14-26)20-10-13-24-21(16-20)17-27-28-24/h3-13,16,27-28H,2,14-15,17H2,1H3/b25-23+. The van der Waals surface area contributed by atoms with Crippen LogP contribution in [0.5, 0.6) is 5.75 Å². The van der Waals surface area contributed by atoms with Gasteiger partial charge in [-0.3, -0.25) is 0 Å². The van der Waals surface area contributed by atoms with E-state index in [0.717, 1.165) is 24.4 Å². The minimum absolute atomic E-state index is 0.484. The third-order valence-corrected chi connectivity index (χ3v) is 5.32. The second-order valence-corrected chi connectivity index (χ2v) is 7.36. The molecule has 0 saturated heterocycles. The molecular weight excluding hydrogens is 380 g/mol. The molecule has 0 saturated carbocycles. The maximum Gasteiger partial charge on any atom is 0.119 e. The molecule has 0 aliphatic carbocycles. The molecule has 0 radical (unpaired) electrons. The molecule has 0 fully saturated rings. The molecule has 2 N–H and O–H groups in total. The summed E-state index contributed by atoms with van der Waals surface area (Å²) in [7, 11) is 0. The fourth-order valence-electron chi connectivity index (χ4n) is 3.81. The van der Waals surface area contributed by atoms with Crippen molar-refractivity contribution in [3.63, 3.8) is 0 Å². The van der Waals surface area contributed by atoms with Gasteiger partial charge in [0.05, 0.1) is 11.6 Å². The predicted molar refractivity (Wildman–Crippen MR) is 122 cm³/mol. The number of allylic oxidation sites excluding steroid dienone is 1. The number of fused-ring (bicyclic) bond motifs is 1. The van der Waals surface area contributed by atoms with Gasteiger partial charge in [0.1, 0.15) is 12.4 Å². The van der Waals surface area contributed by atoms with E-state index >= 15 is 0 Å². The van der Waals surface area contributed by atoms with Crippen LogP contribution in [0, 0.1) is 0 Å². The van der Waals surface area contributed by atoms with E-state index in [1.54, 1.807) is 0 Å². The van der Waals surface area contributed by atoms with Crippen molar-refractivity contribution in [1.29, 1.82) is 0 Å². The Kier molecular flexibility index (Phi) is 6.18. The third kappa shape index (κ3) is 4.31. The van der Waals surface area contributed by atoms with Gasteiger partial charge in [0.15, 0.2) is 0 Å². The van der Waals surface area contributed by atoms with Crippen LogP contribution in [0.1, 0.15) is 35.6 Å². The summed E-state index contributed by atoms with van der Waals surface area (Å²) >= 11 is 5.75. The van der Waals surface area contributed by atoms with Crippen molar-refractivity contribution in [3.05, 3.63) is 95.1 Å². The summed E-state index contributed by atoms with van der Waals surface area (Å²) in [6, 6.07) is 25.6. The SMILES string of the molecule is CC/C(=C(/c1ccc(OCCCl)cc1)c1ccc2c(c1)CNN2)c1ccccc1. The number of halogens is 1. The quantitative estimate of drug-likeness (QED) is 0.368. The van der Waals surface area contributed by atoms with Crippen LogP contribution in [0.3, 0.4) is 0 Å². The molecule has 0 spiro atoms. The molecule has 3 nitrogen and oxygen atoms in total. The Hall–Kier alpha value is -2.75. The maximum absolute atomic E-state index is 5.75. The minimum atomic E-state index is 0.484. The smallest absolute Gasteiger partial charge is 0.119 e. The highest BCUT2D eigenvalue weighted by Gasteiger charge is 2.16. The third-order valence-electron chi connectivity index (χ3n) is 5.16. The summed E-state index contributed by atoms with van der Waals surface area (Å²) in [6.07, 6.45) is 0.942. The van der Waals surface area contributed by atoms with Crippen LogP contribution in [0.15, 0.2) is 72.8 Å². The summed E-state index contributed by atoms with van der Waals surface area (Å²) in [5.74, 6) is 1.33. The number of hydrazine groups is 1. The first kappa shape index (κ1) is 19.6. The topological polar surface area (TPSA) is 33.3 Å². The minimum Gasteiger partial charge on any atom is -0.492 e. The number of nitrogens with one attached hydrogen (secondary N) is 2. The van der Waals surface area contributed by atoms with E-state index in [1.165, 1.54) is 33.4 Å². The fraction of sp³-hybridized carbons (Fsp3) is 0.200. The second kappa shape index (κ2) is 9.17. The summed E-state index contributed by atoms with van der Waals surface area (Å²) in [6.45, 7) is 3.56. The number of hydrogen-bond donors (Lipinski definition) is 2. The lowest BCUT2D eigenvalue weighted by molar-refractivity contribution is 0.343. The zero-order chi connectivity index (χ0) is 20.1. The Labute approximate surface area is 177 Å². The van der Waals surface area contributed by atoms with Crippen LogP contribution in [-0.2, 0) is 6.54 Å². The maximum atomic E-state index is 5.75. The zero-order valence-electron chi connectivity index (χ0n) is 16.5. The number of alkyl halides is 1. The molecule has 0 atom stereocenters. The van der Waals surface area contributed by atoms with E-state index < -0.39 is 0 Å². The largest absolute Gasteiger partial charge is 0.492 e.